The van der Waals surface area contributed by atoms with Crippen molar-refractivity contribution in [2.24, 2.45) is 5.73 Å². The van der Waals surface area contributed by atoms with Gasteiger partial charge in [-0.05, 0) is 41.8 Å². The molecule has 2 aromatic rings. The molecule has 4 heteroatoms. The number of halogens is 2. The lowest BCUT2D eigenvalue weighted by Crippen LogP contribution is -2.25. The monoisotopic (exact) mass is 339 g/mol. The van der Waals surface area contributed by atoms with Gasteiger partial charge in [0.05, 0.1) is 0 Å². The maximum Gasteiger partial charge on any atom is 0.0451 e. The smallest absolute Gasteiger partial charge is 0.0451 e. The zero-order valence-corrected chi connectivity index (χ0v) is 14.3. The van der Waals surface area contributed by atoms with E-state index in [0.717, 1.165) is 22.2 Å². The van der Waals surface area contributed by atoms with Crippen LogP contribution in [0.1, 0.15) is 29.7 Å². The van der Waals surface area contributed by atoms with Crippen molar-refractivity contribution >= 4 is 35.0 Å². The van der Waals surface area contributed by atoms with Crippen LogP contribution in [0.3, 0.4) is 0 Å². The molecule has 21 heavy (non-hydrogen) atoms. The van der Waals surface area contributed by atoms with Gasteiger partial charge in [-0.25, -0.2) is 0 Å². The number of rotatable bonds is 6. The molecule has 0 amide bonds. The Labute approximate surface area is 140 Å². The molecule has 0 saturated heterocycles. The summed E-state index contributed by atoms with van der Waals surface area (Å²) in [5.41, 5.74) is 8.79. The van der Waals surface area contributed by atoms with Crippen molar-refractivity contribution in [1.82, 2.24) is 0 Å². The first-order chi connectivity index (χ1) is 10.1. The van der Waals surface area contributed by atoms with Crippen LogP contribution in [-0.4, -0.2) is 6.04 Å². The molecule has 0 radical (unpaired) electrons. The Bertz CT molecular complexity index is 554. The van der Waals surface area contributed by atoms with E-state index < -0.39 is 0 Å². The Morgan fingerprint density at radius 1 is 0.952 bits per heavy atom. The highest BCUT2D eigenvalue weighted by molar-refractivity contribution is 7.98. The molecular weight excluding hydrogens is 321 g/mol. The Morgan fingerprint density at radius 2 is 1.48 bits per heavy atom. The van der Waals surface area contributed by atoms with Crippen molar-refractivity contribution in [2.75, 3.05) is 0 Å². The van der Waals surface area contributed by atoms with E-state index in [1.54, 1.807) is 0 Å². The van der Waals surface area contributed by atoms with Crippen molar-refractivity contribution in [3.8, 4) is 0 Å². The molecule has 0 aliphatic rings. The maximum atomic E-state index is 6.30. The molecule has 0 aliphatic heterocycles. The van der Waals surface area contributed by atoms with E-state index >= 15 is 0 Å². The molecule has 0 bridgehead atoms. The molecule has 2 N–H and O–H groups in total. The van der Waals surface area contributed by atoms with Gasteiger partial charge in [-0.2, -0.15) is 0 Å². The normalized spacial score (nSPS) is 13.9. The van der Waals surface area contributed by atoms with Crippen LogP contribution in [0.5, 0.6) is 0 Å². The van der Waals surface area contributed by atoms with Gasteiger partial charge < -0.3 is 5.73 Å². The first kappa shape index (κ1) is 16.7. The van der Waals surface area contributed by atoms with E-state index in [1.165, 1.54) is 11.1 Å². The molecule has 1 nitrogen and oxygen atoms in total. The first-order valence-electron chi connectivity index (χ1n) is 6.97. The minimum Gasteiger partial charge on any atom is -0.326 e. The second kappa shape index (κ2) is 8.09. The molecule has 2 aromatic carbocycles. The van der Waals surface area contributed by atoms with Crippen LogP contribution >= 0.6 is 35.0 Å². The van der Waals surface area contributed by atoms with E-state index in [-0.39, 0.29) is 11.3 Å². The molecule has 2 rings (SSSR count). The van der Waals surface area contributed by atoms with Gasteiger partial charge in [0, 0.05) is 27.1 Å². The average Bonchev–Trinajstić information content (AvgIpc) is 2.50. The zero-order chi connectivity index (χ0) is 15.2. The third-order valence-electron chi connectivity index (χ3n) is 3.40. The molecule has 2 atom stereocenters. The van der Waals surface area contributed by atoms with Crippen LogP contribution in [-0.2, 0) is 5.75 Å². The van der Waals surface area contributed by atoms with Crippen molar-refractivity contribution in [3.05, 3.63) is 69.7 Å². The third kappa shape index (κ3) is 4.93. The number of hydrogen-bond acceptors (Lipinski definition) is 2. The van der Waals surface area contributed by atoms with Crippen LogP contribution in [0, 0.1) is 0 Å². The number of hydrogen-bond donors (Lipinski definition) is 1. The summed E-state index contributed by atoms with van der Waals surface area (Å²) in [5, 5.41) is 1.79. The van der Waals surface area contributed by atoms with Gasteiger partial charge in [-0.15, -0.1) is 11.8 Å². The number of nitrogens with two attached hydrogens (primary N) is 1. The Hall–Kier alpha value is -0.670. The Kier molecular flexibility index (Phi) is 6.43. The fourth-order valence-corrected chi connectivity index (χ4v) is 3.71. The van der Waals surface area contributed by atoms with Crippen LogP contribution in [0.25, 0.3) is 0 Å². The Morgan fingerprint density at radius 3 is 2.00 bits per heavy atom. The Balaban J connectivity index is 2.09. The van der Waals surface area contributed by atoms with Crippen LogP contribution in [0.4, 0.5) is 0 Å². The summed E-state index contributed by atoms with van der Waals surface area (Å²) in [7, 11) is 0. The van der Waals surface area contributed by atoms with Gasteiger partial charge in [0.15, 0.2) is 0 Å². The van der Waals surface area contributed by atoms with Gasteiger partial charge in [0.1, 0.15) is 0 Å². The molecule has 112 valence electrons. The lowest BCUT2D eigenvalue weighted by Gasteiger charge is -2.23. The fraction of sp³-hybridized carbons (Fsp3) is 0.294. The molecule has 0 fully saturated rings. The van der Waals surface area contributed by atoms with Gasteiger partial charge in [-0.1, -0.05) is 54.4 Å². The van der Waals surface area contributed by atoms with Gasteiger partial charge in [0.2, 0.25) is 0 Å². The first-order valence-corrected chi connectivity index (χ1v) is 8.77. The van der Waals surface area contributed by atoms with Crippen molar-refractivity contribution < 1.29 is 0 Å². The van der Waals surface area contributed by atoms with Gasteiger partial charge >= 0.3 is 0 Å². The van der Waals surface area contributed by atoms with Gasteiger partial charge in [0.25, 0.3) is 0 Å². The van der Waals surface area contributed by atoms with Crippen molar-refractivity contribution in [3.63, 3.8) is 0 Å². The molecule has 0 aromatic heterocycles. The van der Waals surface area contributed by atoms with E-state index in [0.29, 0.717) is 0 Å². The zero-order valence-electron chi connectivity index (χ0n) is 11.9. The predicted octanol–water partition coefficient (Wildman–Crippen LogP) is 5.71. The molecule has 2 unspecified atom stereocenters. The second-order valence-corrected chi connectivity index (χ2v) is 6.98. The highest BCUT2D eigenvalue weighted by atomic mass is 35.5. The number of benzene rings is 2. The standard InChI is InChI=1S/C17H19Cl2NS/c1-2-16(20)17(13-5-9-15(19)10-6-13)21-11-12-3-7-14(18)8-4-12/h3-10,16-17H,2,11,20H2,1H3. The van der Waals surface area contributed by atoms with Crippen molar-refractivity contribution in [1.29, 1.82) is 0 Å². The summed E-state index contributed by atoms with van der Waals surface area (Å²) in [5.74, 6) is 0.915. The maximum absolute atomic E-state index is 6.30. The summed E-state index contributed by atoms with van der Waals surface area (Å²) >= 11 is 13.7. The van der Waals surface area contributed by atoms with Crippen molar-refractivity contribution in [2.45, 2.75) is 30.4 Å². The largest absolute Gasteiger partial charge is 0.326 e. The topological polar surface area (TPSA) is 26.0 Å². The fourth-order valence-electron chi connectivity index (χ4n) is 2.10. The summed E-state index contributed by atoms with van der Waals surface area (Å²) in [6.45, 7) is 2.12. The van der Waals surface area contributed by atoms with E-state index in [4.69, 9.17) is 28.9 Å². The van der Waals surface area contributed by atoms with E-state index in [2.05, 4.69) is 31.2 Å². The lowest BCUT2D eigenvalue weighted by molar-refractivity contribution is 0.634. The molecular formula is C17H19Cl2NS. The molecule has 0 spiro atoms. The third-order valence-corrected chi connectivity index (χ3v) is 5.39. The van der Waals surface area contributed by atoms with Crippen LogP contribution < -0.4 is 5.73 Å². The van der Waals surface area contributed by atoms with E-state index in [9.17, 15) is 0 Å². The molecule has 0 aliphatic carbocycles. The highest BCUT2D eigenvalue weighted by Gasteiger charge is 2.19. The summed E-state index contributed by atoms with van der Waals surface area (Å²) in [6, 6.07) is 16.1. The summed E-state index contributed by atoms with van der Waals surface area (Å²) < 4.78 is 0. The average molecular weight is 340 g/mol. The highest BCUT2D eigenvalue weighted by Crippen LogP contribution is 2.35. The molecule has 0 saturated carbocycles. The SMILES string of the molecule is CCC(N)C(SCc1ccc(Cl)cc1)c1ccc(Cl)cc1. The minimum atomic E-state index is 0.128. The lowest BCUT2D eigenvalue weighted by atomic mass is 10.0. The summed E-state index contributed by atoms with van der Waals surface area (Å²) in [4.78, 5) is 0. The second-order valence-electron chi connectivity index (χ2n) is 4.98. The minimum absolute atomic E-state index is 0.128. The van der Waals surface area contributed by atoms with Crippen LogP contribution in [0.2, 0.25) is 10.0 Å². The van der Waals surface area contributed by atoms with Gasteiger partial charge in [-0.3, -0.25) is 0 Å². The van der Waals surface area contributed by atoms with E-state index in [1.807, 2.05) is 36.0 Å². The summed E-state index contributed by atoms with van der Waals surface area (Å²) in [6.07, 6.45) is 0.945. The quantitative estimate of drug-likeness (QED) is 0.729. The molecule has 0 heterocycles. The van der Waals surface area contributed by atoms with Crippen LogP contribution in [0.15, 0.2) is 48.5 Å². The predicted molar refractivity (Wildman–Crippen MR) is 95.2 cm³/mol. The number of thioether (sulfide) groups is 1.